The molecule has 2 saturated heterocycles. The van der Waals surface area contributed by atoms with E-state index in [1.54, 1.807) is 0 Å². The molecule has 0 aliphatic carbocycles. The van der Waals surface area contributed by atoms with Gasteiger partial charge >= 0.3 is 0 Å². The van der Waals surface area contributed by atoms with Gasteiger partial charge in [0.2, 0.25) is 5.91 Å². The number of amides is 1. The number of aliphatic hydroxyl groups excluding tert-OH is 8. The maximum atomic E-state index is 13.3. The number of ether oxygens (including phenoxy) is 4. The van der Waals surface area contributed by atoms with Crippen LogP contribution in [-0.2, 0) is 23.7 Å². The highest BCUT2D eigenvalue weighted by molar-refractivity contribution is 5.76. The Bertz CT molecular complexity index is 1610. The van der Waals surface area contributed by atoms with Gasteiger partial charge in [0.25, 0.3) is 0 Å². The third-order valence-corrected chi connectivity index (χ3v) is 14.4. The van der Waals surface area contributed by atoms with Crippen LogP contribution in [0, 0.1) is 0 Å². The highest BCUT2D eigenvalue weighted by Crippen LogP contribution is 2.30. The Kier molecular flexibility index (Phi) is 43.7. The van der Waals surface area contributed by atoms with Crippen molar-refractivity contribution in [2.75, 3.05) is 19.8 Å². The van der Waals surface area contributed by atoms with Gasteiger partial charge in [-0.2, -0.15) is 0 Å². The molecular formula is C63H109NO13. The summed E-state index contributed by atoms with van der Waals surface area (Å²) < 4.78 is 22.8. The number of allylic oxidation sites excluding steroid dienone is 14. The molecule has 0 aromatic heterocycles. The average Bonchev–Trinajstić information content (AvgIpc) is 3.44. The summed E-state index contributed by atoms with van der Waals surface area (Å²) in [5.74, 6) is -0.241. The zero-order valence-electron chi connectivity index (χ0n) is 47.7. The quantitative estimate of drug-likeness (QED) is 0.0204. The number of aliphatic hydroxyl groups is 8. The van der Waals surface area contributed by atoms with Gasteiger partial charge in [-0.25, -0.2) is 0 Å². The van der Waals surface area contributed by atoms with E-state index in [2.05, 4.69) is 104 Å². The monoisotopic (exact) mass is 1090 g/mol. The van der Waals surface area contributed by atoms with Gasteiger partial charge in [-0.15, -0.1) is 0 Å². The lowest BCUT2D eigenvalue weighted by atomic mass is 9.97. The van der Waals surface area contributed by atoms with Crippen LogP contribution in [0.4, 0.5) is 0 Å². The maximum absolute atomic E-state index is 13.3. The maximum Gasteiger partial charge on any atom is 0.220 e. The fourth-order valence-corrected chi connectivity index (χ4v) is 9.51. The van der Waals surface area contributed by atoms with E-state index in [-0.39, 0.29) is 18.9 Å². The number of carbonyl (C=O) groups excluding carboxylic acids is 1. The molecule has 0 bridgehead atoms. The van der Waals surface area contributed by atoms with E-state index >= 15 is 0 Å². The van der Waals surface area contributed by atoms with Crippen molar-refractivity contribution in [2.45, 2.75) is 286 Å². The molecule has 0 saturated carbocycles. The first-order valence-electron chi connectivity index (χ1n) is 30.3. The summed E-state index contributed by atoms with van der Waals surface area (Å²) in [5.41, 5.74) is 0. The number of carbonyl (C=O) groups is 1. The second-order valence-electron chi connectivity index (χ2n) is 21.1. The van der Waals surface area contributed by atoms with E-state index in [9.17, 15) is 45.6 Å². The third-order valence-electron chi connectivity index (χ3n) is 14.4. The lowest BCUT2D eigenvalue weighted by Crippen LogP contribution is -2.65. The van der Waals surface area contributed by atoms with Crippen molar-refractivity contribution in [2.24, 2.45) is 0 Å². The van der Waals surface area contributed by atoms with E-state index in [1.807, 2.05) is 0 Å². The predicted octanol–water partition coefficient (Wildman–Crippen LogP) is 10.5. The topological polar surface area (TPSA) is 228 Å². The molecule has 14 heteroatoms. The molecule has 2 rings (SSSR count). The second kappa shape index (κ2) is 47.9. The molecule has 2 heterocycles. The van der Waals surface area contributed by atoms with Crippen LogP contribution in [0.2, 0.25) is 0 Å². The fourth-order valence-electron chi connectivity index (χ4n) is 9.51. The first-order chi connectivity index (χ1) is 37.6. The molecule has 9 N–H and O–H groups in total. The van der Waals surface area contributed by atoms with Crippen molar-refractivity contribution in [3.8, 4) is 0 Å². The molecule has 2 fully saturated rings. The van der Waals surface area contributed by atoms with Gasteiger partial charge in [-0.1, -0.05) is 221 Å². The molecule has 77 heavy (non-hydrogen) atoms. The summed E-state index contributed by atoms with van der Waals surface area (Å²) >= 11 is 0. The molecule has 12 unspecified atom stereocenters. The minimum Gasteiger partial charge on any atom is -0.394 e. The van der Waals surface area contributed by atoms with E-state index in [1.165, 1.54) is 89.9 Å². The van der Waals surface area contributed by atoms with Crippen LogP contribution >= 0.6 is 0 Å². The van der Waals surface area contributed by atoms with E-state index in [0.717, 1.165) is 89.9 Å². The van der Waals surface area contributed by atoms with Gasteiger partial charge in [0.1, 0.15) is 48.8 Å². The summed E-state index contributed by atoms with van der Waals surface area (Å²) in [6.45, 7) is 2.72. The highest BCUT2D eigenvalue weighted by atomic mass is 16.7. The average molecular weight is 1090 g/mol. The van der Waals surface area contributed by atoms with Crippen LogP contribution in [0.25, 0.3) is 0 Å². The van der Waals surface area contributed by atoms with Crippen LogP contribution in [0.15, 0.2) is 85.1 Å². The van der Waals surface area contributed by atoms with E-state index in [0.29, 0.717) is 12.8 Å². The van der Waals surface area contributed by atoms with Gasteiger partial charge in [0, 0.05) is 6.42 Å². The van der Waals surface area contributed by atoms with Gasteiger partial charge in [-0.05, 0) is 70.6 Å². The van der Waals surface area contributed by atoms with Crippen molar-refractivity contribution < 1.29 is 64.6 Å². The highest BCUT2D eigenvalue weighted by Gasteiger charge is 2.51. The fraction of sp³-hybridized carbons (Fsp3) is 0.762. The molecule has 2 aliphatic heterocycles. The van der Waals surface area contributed by atoms with Crippen LogP contribution in [0.5, 0.6) is 0 Å². The van der Waals surface area contributed by atoms with Crippen LogP contribution in [-0.4, -0.2) is 140 Å². The molecule has 14 nitrogen and oxygen atoms in total. The zero-order chi connectivity index (χ0) is 56.0. The number of hydrogen-bond donors (Lipinski definition) is 9. The van der Waals surface area contributed by atoms with Crippen molar-refractivity contribution in [1.29, 1.82) is 0 Å². The van der Waals surface area contributed by atoms with E-state index in [4.69, 9.17) is 18.9 Å². The summed E-state index contributed by atoms with van der Waals surface area (Å²) in [6.07, 6.45) is 47.1. The van der Waals surface area contributed by atoms with Gasteiger partial charge < -0.3 is 65.1 Å². The molecule has 0 aromatic rings. The summed E-state index contributed by atoms with van der Waals surface area (Å²) in [7, 11) is 0. The third kappa shape index (κ3) is 33.5. The largest absolute Gasteiger partial charge is 0.394 e. The van der Waals surface area contributed by atoms with Gasteiger partial charge in [0.05, 0.1) is 32.0 Å². The molecule has 0 spiro atoms. The molecule has 1 amide bonds. The van der Waals surface area contributed by atoms with Crippen molar-refractivity contribution in [3.05, 3.63) is 85.1 Å². The molecule has 0 radical (unpaired) electrons. The summed E-state index contributed by atoms with van der Waals surface area (Å²) in [6, 6.07) is -0.853. The van der Waals surface area contributed by atoms with Crippen molar-refractivity contribution in [3.63, 3.8) is 0 Å². The van der Waals surface area contributed by atoms with Crippen LogP contribution in [0.1, 0.15) is 213 Å². The summed E-state index contributed by atoms with van der Waals surface area (Å²) in [5, 5.41) is 87.3. The van der Waals surface area contributed by atoms with Crippen molar-refractivity contribution in [1.82, 2.24) is 5.32 Å². The summed E-state index contributed by atoms with van der Waals surface area (Å²) in [4.78, 5) is 13.3. The first-order valence-corrected chi connectivity index (χ1v) is 30.3. The van der Waals surface area contributed by atoms with E-state index < -0.39 is 86.8 Å². The van der Waals surface area contributed by atoms with Crippen molar-refractivity contribution >= 4 is 5.91 Å². The minimum atomic E-state index is -1.79. The lowest BCUT2D eigenvalue weighted by molar-refractivity contribution is -0.359. The normalized spacial score (nSPS) is 25.3. The Morgan fingerprint density at radius 1 is 0.481 bits per heavy atom. The minimum absolute atomic E-state index is 0.241. The number of hydrogen-bond acceptors (Lipinski definition) is 13. The Hall–Kier alpha value is -2.83. The zero-order valence-corrected chi connectivity index (χ0v) is 47.7. The predicted molar refractivity (Wildman–Crippen MR) is 309 cm³/mol. The van der Waals surface area contributed by atoms with Crippen LogP contribution < -0.4 is 5.32 Å². The Morgan fingerprint density at radius 2 is 0.896 bits per heavy atom. The standard InChI is InChI=1S/C63H109NO13/c1-3-5-7-9-11-13-15-17-19-21-23-24-25-26-27-28-29-31-33-35-37-39-41-43-45-47-55(68)64-51(52(67)46-44-42-40-38-36-34-32-30-22-20-18-16-14-12-10-8-6-4-2)50-74-62-60(73)58(71)61(54(49-66)76-62)77-63-59(72)57(70)56(69)53(48-65)75-63/h5,7,11,13,17,19,23-24,26-27,29,31,35,37,51-54,56-63,65-67,69-73H,3-4,6,8-10,12,14-16,18,20-22,25,28,30,32-34,36,38-50H2,1-2H3,(H,64,68)/b7-5-,13-11-,19-17-,24-23-,27-26-,31-29-,37-35-. The second-order valence-corrected chi connectivity index (χ2v) is 21.1. The number of rotatable bonds is 47. The lowest BCUT2D eigenvalue weighted by Gasteiger charge is -2.46. The Labute approximate surface area is 465 Å². The molecule has 444 valence electrons. The SMILES string of the molecule is CC/C=C\C/C=C\C/C=C\C/C=C\C/C=C\C/C=C\C/C=C\CCCCCC(=O)NC(COC1OC(CO)C(OC2OC(CO)C(O)C(O)C2O)C(O)C1O)C(O)CCCCCCCCCCCCCCCCCCCC. The van der Waals surface area contributed by atoms with Gasteiger partial charge in [-0.3, -0.25) is 4.79 Å². The van der Waals surface area contributed by atoms with Gasteiger partial charge in [0.15, 0.2) is 12.6 Å². The molecule has 12 atom stereocenters. The van der Waals surface area contributed by atoms with Crippen LogP contribution in [0.3, 0.4) is 0 Å². The number of nitrogens with one attached hydrogen (secondary N) is 1. The Morgan fingerprint density at radius 3 is 1.36 bits per heavy atom. The molecular weight excluding hydrogens is 979 g/mol. The first kappa shape index (κ1) is 70.3. The Balaban J connectivity index is 1.77. The number of unbranched alkanes of at least 4 members (excludes halogenated alkanes) is 20. The molecule has 2 aliphatic rings. The molecule has 0 aromatic carbocycles. The smallest absolute Gasteiger partial charge is 0.220 e.